The maximum Gasteiger partial charge on any atom is 0.331 e. The summed E-state index contributed by atoms with van der Waals surface area (Å²) in [5.41, 5.74) is 0. The first-order valence-electron chi connectivity index (χ1n) is 3.16. The Labute approximate surface area is 65.4 Å². The predicted molar refractivity (Wildman–Crippen MR) is 30.7 cm³/mol. The van der Waals surface area contributed by atoms with Gasteiger partial charge in [-0.1, -0.05) is 5.01 Å². The van der Waals surface area contributed by atoms with Gasteiger partial charge in [-0.3, -0.25) is 9.59 Å². The van der Waals surface area contributed by atoms with Crippen molar-refractivity contribution in [2.75, 3.05) is 13.1 Å². The van der Waals surface area contributed by atoms with Crippen LogP contribution in [0.25, 0.3) is 0 Å². The normalized spacial score (nSPS) is 22.7. The summed E-state index contributed by atoms with van der Waals surface area (Å²) in [6.45, 7) is -0.963. The predicted octanol–water partition coefficient (Wildman–Crippen LogP) is -2.03. The van der Waals surface area contributed by atoms with Crippen molar-refractivity contribution in [3.05, 3.63) is 9.81 Å². The smallest absolute Gasteiger partial charge is 0.264 e. The fraction of sp³-hybridized carbons (Fsp3) is 0.500. The van der Waals surface area contributed by atoms with E-state index in [2.05, 4.69) is 0 Å². The van der Waals surface area contributed by atoms with Gasteiger partial charge in [-0.2, -0.15) is 0 Å². The van der Waals surface area contributed by atoms with Gasteiger partial charge in [0, 0.05) is 0 Å². The summed E-state index contributed by atoms with van der Waals surface area (Å²) in [5.74, 6) is -1.35. The van der Waals surface area contributed by atoms with Crippen LogP contribution in [0.1, 0.15) is 0 Å². The standard InChI is InChI=1S/C4H4N4O4/c9-3-1-5(11)8-6(12)2-4(10)7(3)8/h1-2H2/q+2. The van der Waals surface area contributed by atoms with Crippen molar-refractivity contribution in [1.29, 1.82) is 0 Å². The van der Waals surface area contributed by atoms with Gasteiger partial charge < -0.3 is 0 Å². The molecule has 0 bridgehead atoms. The fourth-order valence-electron chi connectivity index (χ4n) is 1.14. The maximum atomic E-state index is 10.9. The second-order valence-electron chi connectivity index (χ2n) is 2.39. The molecule has 12 heavy (non-hydrogen) atoms. The van der Waals surface area contributed by atoms with Crippen LogP contribution in [0, 0.1) is 9.81 Å². The SMILES string of the molecule is O=C1C[N+](=O)N2N1C(=O)C[N+]2=O. The molecule has 8 nitrogen and oxygen atoms in total. The molecule has 0 saturated carbocycles. The van der Waals surface area contributed by atoms with Gasteiger partial charge in [0.25, 0.3) is 5.23 Å². The Bertz CT molecular complexity index is 263. The summed E-state index contributed by atoms with van der Waals surface area (Å²) < 4.78 is 0. The number of hydrogen-bond donors (Lipinski definition) is 0. The van der Waals surface area contributed by atoms with E-state index in [-0.39, 0.29) is 9.74 Å². The van der Waals surface area contributed by atoms with Gasteiger partial charge in [-0.25, -0.2) is 0 Å². The average Bonchev–Trinajstić information content (AvgIpc) is 2.38. The number of imide groups is 1. The van der Waals surface area contributed by atoms with Crippen molar-refractivity contribution in [3.8, 4) is 0 Å². The van der Waals surface area contributed by atoms with E-state index in [0.29, 0.717) is 10.2 Å². The Balaban J connectivity index is 2.45. The number of hydrazine groups is 3. The van der Waals surface area contributed by atoms with Crippen molar-refractivity contribution in [2.24, 2.45) is 0 Å². The minimum absolute atomic E-state index is 0.139. The number of fused-ring (bicyclic) bond motifs is 1. The number of rotatable bonds is 0. The molecule has 2 rings (SSSR count). The maximum absolute atomic E-state index is 10.9. The van der Waals surface area contributed by atoms with E-state index in [1.54, 1.807) is 0 Å². The number of nitroso groups, excluding NO2 is 2. The Morgan fingerprint density at radius 3 is 1.75 bits per heavy atom. The summed E-state index contributed by atoms with van der Waals surface area (Å²) in [7, 11) is 0. The molecule has 0 atom stereocenters. The van der Waals surface area contributed by atoms with Crippen LogP contribution >= 0.6 is 0 Å². The van der Waals surface area contributed by atoms with Crippen molar-refractivity contribution in [1.82, 2.24) is 10.2 Å². The van der Waals surface area contributed by atoms with Crippen molar-refractivity contribution in [2.45, 2.75) is 0 Å². The summed E-state index contributed by atoms with van der Waals surface area (Å²) in [4.78, 5) is 43.7. The van der Waals surface area contributed by atoms with Crippen LogP contribution in [0.15, 0.2) is 0 Å². The summed E-state index contributed by atoms with van der Waals surface area (Å²) in [6, 6.07) is 0. The second kappa shape index (κ2) is 1.84. The summed E-state index contributed by atoms with van der Waals surface area (Å²) >= 11 is 0. The van der Waals surface area contributed by atoms with Crippen molar-refractivity contribution in [3.63, 3.8) is 0 Å². The molecule has 0 unspecified atom stereocenters. The molecule has 0 aromatic heterocycles. The van der Waals surface area contributed by atoms with Crippen LogP contribution in [0.4, 0.5) is 0 Å². The number of hydrogen-bond acceptors (Lipinski definition) is 4. The highest BCUT2D eigenvalue weighted by atomic mass is 16.5. The summed E-state index contributed by atoms with van der Waals surface area (Å²) in [6.07, 6.45) is 0. The van der Waals surface area contributed by atoms with Gasteiger partial charge >= 0.3 is 24.9 Å². The minimum atomic E-state index is -0.673. The molecule has 0 aromatic rings. The molecule has 0 radical (unpaired) electrons. The Morgan fingerprint density at radius 2 is 1.42 bits per heavy atom. The third kappa shape index (κ3) is 0.607. The van der Waals surface area contributed by atoms with Gasteiger partial charge in [0.15, 0.2) is 0 Å². The molecular weight excluding hydrogens is 168 g/mol. The van der Waals surface area contributed by atoms with E-state index in [1.165, 1.54) is 0 Å². The minimum Gasteiger partial charge on any atom is -0.264 e. The lowest BCUT2D eigenvalue weighted by Crippen LogP contribution is -2.39. The topological polar surface area (TPSA) is 80.8 Å². The molecule has 2 fully saturated rings. The zero-order valence-corrected chi connectivity index (χ0v) is 5.84. The number of amides is 2. The van der Waals surface area contributed by atoms with Crippen LogP contribution in [0.5, 0.6) is 0 Å². The van der Waals surface area contributed by atoms with E-state index in [1.807, 2.05) is 0 Å². The molecule has 0 spiro atoms. The van der Waals surface area contributed by atoms with Crippen LogP contribution in [-0.2, 0) is 9.59 Å². The van der Waals surface area contributed by atoms with Crippen LogP contribution < -0.4 is 0 Å². The largest absolute Gasteiger partial charge is 0.331 e. The highest BCUT2D eigenvalue weighted by Crippen LogP contribution is 2.15. The highest BCUT2D eigenvalue weighted by molar-refractivity contribution is 5.96. The highest BCUT2D eigenvalue weighted by Gasteiger charge is 2.64. The lowest BCUT2D eigenvalue weighted by Gasteiger charge is -1.94. The van der Waals surface area contributed by atoms with Gasteiger partial charge in [0.1, 0.15) is 0 Å². The van der Waals surface area contributed by atoms with Gasteiger partial charge in [0.05, 0.1) is 9.81 Å². The van der Waals surface area contributed by atoms with Crippen molar-refractivity contribution < 1.29 is 19.3 Å². The average molecular weight is 172 g/mol. The van der Waals surface area contributed by atoms with Gasteiger partial charge in [-0.15, -0.1) is 0 Å². The molecular formula is C4H4N4O4+2. The lowest BCUT2D eigenvalue weighted by molar-refractivity contribution is -0.948. The molecule has 2 amide bonds. The molecule has 2 aliphatic heterocycles. The summed E-state index contributed by atoms with van der Waals surface area (Å²) in [5, 5.41) is 0.991. The molecule has 0 aliphatic carbocycles. The zero-order valence-electron chi connectivity index (χ0n) is 5.84. The molecule has 8 heteroatoms. The van der Waals surface area contributed by atoms with E-state index >= 15 is 0 Å². The lowest BCUT2D eigenvalue weighted by atomic mass is 10.5. The fourth-order valence-corrected chi connectivity index (χ4v) is 1.14. The van der Waals surface area contributed by atoms with Gasteiger partial charge in [-0.05, 0) is 0 Å². The molecule has 0 aromatic carbocycles. The Morgan fingerprint density at radius 1 is 1.00 bits per heavy atom. The monoisotopic (exact) mass is 172 g/mol. The second-order valence-corrected chi connectivity index (χ2v) is 2.39. The first kappa shape index (κ1) is 6.83. The van der Waals surface area contributed by atoms with Crippen molar-refractivity contribution >= 4 is 11.8 Å². The number of carbonyl (C=O) groups excluding carboxylic acids is 2. The van der Waals surface area contributed by atoms with Crippen LogP contribution in [0.3, 0.4) is 0 Å². The molecule has 2 heterocycles. The van der Waals surface area contributed by atoms with E-state index in [0.717, 1.165) is 0 Å². The zero-order chi connectivity index (χ0) is 8.88. The first-order valence-corrected chi connectivity index (χ1v) is 3.16. The molecule has 0 N–H and O–H groups in total. The number of nitrogens with zero attached hydrogens (tertiary/aromatic N) is 4. The quantitative estimate of drug-likeness (QED) is 0.311. The number of carbonyl (C=O) groups is 2. The van der Waals surface area contributed by atoms with E-state index in [9.17, 15) is 19.4 Å². The molecule has 2 aliphatic rings. The van der Waals surface area contributed by atoms with Gasteiger partial charge in [0.2, 0.25) is 9.74 Å². The van der Waals surface area contributed by atoms with E-state index < -0.39 is 24.9 Å². The Hall–Kier alpha value is -1.86. The molecule has 2 saturated heterocycles. The van der Waals surface area contributed by atoms with Crippen LogP contribution in [-0.4, -0.2) is 44.9 Å². The van der Waals surface area contributed by atoms with Crippen LogP contribution in [0.2, 0.25) is 0 Å². The Kier molecular flexibility index (Phi) is 1.05. The third-order valence-electron chi connectivity index (χ3n) is 1.59. The molecule has 62 valence electrons. The third-order valence-corrected chi connectivity index (χ3v) is 1.59. The van der Waals surface area contributed by atoms with E-state index in [4.69, 9.17) is 0 Å². The first-order chi connectivity index (χ1) is 5.61.